The summed E-state index contributed by atoms with van der Waals surface area (Å²) in [6.07, 6.45) is 2.73. The molecule has 4 heteroatoms. The third-order valence-electron chi connectivity index (χ3n) is 4.50. The van der Waals surface area contributed by atoms with E-state index in [0.717, 1.165) is 37.9 Å². The highest BCUT2D eigenvalue weighted by molar-refractivity contribution is 5.94. The summed E-state index contributed by atoms with van der Waals surface area (Å²) in [6, 6.07) is 7.94. The predicted molar refractivity (Wildman–Crippen MR) is 77.6 cm³/mol. The van der Waals surface area contributed by atoms with Gasteiger partial charge in [0.2, 0.25) is 0 Å². The average Bonchev–Trinajstić information content (AvgIpc) is 2.81. The second kappa shape index (κ2) is 5.19. The molecule has 2 aliphatic rings. The van der Waals surface area contributed by atoms with E-state index >= 15 is 0 Å². The molecule has 0 saturated carbocycles. The van der Waals surface area contributed by atoms with Gasteiger partial charge in [-0.25, -0.2) is 0 Å². The first-order chi connectivity index (χ1) is 9.58. The molecule has 2 saturated heterocycles. The third-order valence-corrected chi connectivity index (χ3v) is 4.50. The van der Waals surface area contributed by atoms with Gasteiger partial charge in [0, 0.05) is 24.7 Å². The van der Waals surface area contributed by atoms with Gasteiger partial charge in [0.25, 0.3) is 5.91 Å². The molecule has 108 valence electrons. The minimum Gasteiger partial charge on any atom is -0.373 e. The molecule has 20 heavy (non-hydrogen) atoms. The van der Waals surface area contributed by atoms with Crippen LogP contribution < -0.4 is 5.73 Å². The van der Waals surface area contributed by atoms with Crippen LogP contribution in [-0.2, 0) is 4.74 Å². The molecular weight excluding hydrogens is 252 g/mol. The summed E-state index contributed by atoms with van der Waals surface area (Å²) in [5, 5.41) is 0. The molecule has 0 unspecified atom stereocenters. The fourth-order valence-electron chi connectivity index (χ4n) is 3.22. The maximum Gasteiger partial charge on any atom is 0.253 e. The lowest BCUT2D eigenvalue weighted by atomic mass is 9.87. The fraction of sp³-hybridized carbons (Fsp3) is 0.562. The van der Waals surface area contributed by atoms with Crippen LogP contribution in [0.4, 0.5) is 0 Å². The van der Waals surface area contributed by atoms with Crippen molar-refractivity contribution in [2.75, 3.05) is 19.7 Å². The Kier molecular flexibility index (Phi) is 3.52. The number of rotatable bonds is 1. The van der Waals surface area contributed by atoms with Gasteiger partial charge < -0.3 is 15.4 Å². The van der Waals surface area contributed by atoms with Crippen molar-refractivity contribution in [2.24, 2.45) is 5.73 Å². The number of nitrogens with two attached hydrogens (primary N) is 1. The number of amides is 1. The monoisotopic (exact) mass is 274 g/mol. The van der Waals surface area contributed by atoms with Crippen LogP contribution in [0.1, 0.15) is 35.2 Å². The summed E-state index contributed by atoms with van der Waals surface area (Å²) < 4.78 is 5.88. The van der Waals surface area contributed by atoms with Gasteiger partial charge in [-0.2, -0.15) is 0 Å². The second-order valence-electron chi connectivity index (χ2n) is 6.12. The maximum absolute atomic E-state index is 12.4. The molecule has 0 aliphatic carbocycles. The van der Waals surface area contributed by atoms with Crippen molar-refractivity contribution in [2.45, 2.75) is 37.8 Å². The number of carbonyl (C=O) groups is 1. The van der Waals surface area contributed by atoms with Crippen LogP contribution in [0.2, 0.25) is 0 Å². The Hall–Kier alpha value is -1.39. The number of ether oxygens (including phenoxy) is 1. The third kappa shape index (κ3) is 2.58. The van der Waals surface area contributed by atoms with Crippen LogP contribution in [0.25, 0.3) is 0 Å². The number of benzene rings is 1. The molecule has 0 bridgehead atoms. The molecule has 1 aromatic carbocycles. The largest absolute Gasteiger partial charge is 0.373 e. The summed E-state index contributed by atoms with van der Waals surface area (Å²) >= 11 is 0. The van der Waals surface area contributed by atoms with Crippen molar-refractivity contribution in [3.63, 3.8) is 0 Å². The lowest BCUT2D eigenvalue weighted by molar-refractivity contribution is -0.0388. The Balaban J connectivity index is 1.63. The van der Waals surface area contributed by atoms with Crippen molar-refractivity contribution in [3.05, 3.63) is 35.4 Å². The van der Waals surface area contributed by atoms with E-state index in [9.17, 15) is 4.79 Å². The molecule has 2 fully saturated rings. The molecule has 2 aliphatic heterocycles. The molecular formula is C16H22N2O2. The topological polar surface area (TPSA) is 55.6 Å². The van der Waals surface area contributed by atoms with E-state index in [2.05, 4.69) is 0 Å². The molecule has 0 aromatic heterocycles. The van der Waals surface area contributed by atoms with E-state index in [1.807, 2.05) is 36.1 Å². The van der Waals surface area contributed by atoms with Crippen LogP contribution in [-0.4, -0.2) is 42.1 Å². The highest BCUT2D eigenvalue weighted by Crippen LogP contribution is 2.35. The molecule has 4 nitrogen and oxygen atoms in total. The average molecular weight is 274 g/mol. The Morgan fingerprint density at radius 2 is 1.95 bits per heavy atom. The fourth-order valence-corrected chi connectivity index (χ4v) is 3.22. The van der Waals surface area contributed by atoms with E-state index in [1.54, 1.807) is 0 Å². The van der Waals surface area contributed by atoms with Crippen LogP contribution >= 0.6 is 0 Å². The summed E-state index contributed by atoms with van der Waals surface area (Å²) in [7, 11) is 0. The Morgan fingerprint density at radius 3 is 2.50 bits per heavy atom. The van der Waals surface area contributed by atoms with Crippen molar-refractivity contribution in [1.82, 2.24) is 4.90 Å². The van der Waals surface area contributed by atoms with Crippen LogP contribution in [0.5, 0.6) is 0 Å². The SMILES string of the molecule is Cc1ccc(C(=O)N2CCC3(CC2)C[C@H](N)CO3)cc1. The Bertz CT molecular complexity index is 490. The quantitative estimate of drug-likeness (QED) is 0.848. The number of hydrogen-bond acceptors (Lipinski definition) is 3. The maximum atomic E-state index is 12.4. The molecule has 1 spiro atoms. The molecule has 1 aromatic rings. The van der Waals surface area contributed by atoms with Gasteiger partial charge in [-0.1, -0.05) is 17.7 Å². The summed E-state index contributed by atoms with van der Waals surface area (Å²) in [6.45, 7) is 4.21. The van der Waals surface area contributed by atoms with Crippen LogP contribution in [0.3, 0.4) is 0 Å². The van der Waals surface area contributed by atoms with E-state index in [4.69, 9.17) is 10.5 Å². The van der Waals surface area contributed by atoms with Crippen molar-refractivity contribution >= 4 is 5.91 Å². The first kappa shape index (κ1) is 13.6. The number of hydrogen-bond donors (Lipinski definition) is 1. The summed E-state index contributed by atoms with van der Waals surface area (Å²) in [4.78, 5) is 14.4. The Labute approximate surface area is 119 Å². The number of carbonyl (C=O) groups excluding carboxylic acids is 1. The lowest BCUT2D eigenvalue weighted by Crippen LogP contribution is -2.46. The molecule has 2 heterocycles. The first-order valence-electron chi connectivity index (χ1n) is 7.33. The number of piperidine rings is 1. The van der Waals surface area contributed by atoms with Gasteiger partial charge in [-0.15, -0.1) is 0 Å². The highest BCUT2D eigenvalue weighted by Gasteiger charge is 2.42. The molecule has 0 radical (unpaired) electrons. The van der Waals surface area contributed by atoms with E-state index in [-0.39, 0.29) is 17.6 Å². The number of nitrogens with zero attached hydrogens (tertiary/aromatic N) is 1. The van der Waals surface area contributed by atoms with Gasteiger partial charge in [-0.05, 0) is 38.3 Å². The number of likely N-dealkylation sites (tertiary alicyclic amines) is 1. The molecule has 3 rings (SSSR count). The Morgan fingerprint density at radius 1 is 1.30 bits per heavy atom. The highest BCUT2D eigenvalue weighted by atomic mass is 16.5. The predicted octanol–water partition coefficient (Wildman–Crippen LogP) is 1.72. The van der Waals surface area contributed by atoms with Gasteiger partial charge in [0.15, 0.2) is 0 Å². The van der Waals surface area contributed by atoms with Crippen LogP contribution in [0.15, 0.2) is 24.3 Å². The zero-order chi connectivity index (χ0) is 14.2. The van der Waals surface area contributed by atoms with E-state index < -0.39 is 0 Å². The standard InChI is InChI=1S/C16H22N2O2/c1-12-2-4-13(5-3-12)15(19)18-8-6-16(7-9-18)10-14(17)11-20-16/h2-5,14H,6-11,17H2,1H3/t14-/m0/s1. The lowest BCUT2D eigenvalue weighted by Gasteiger charge is -2.38. The van der Waals surface area contributed by atoms with Crippen molar-refractivity contribution < 1.29 is 9.53 Å². The zero-order valence-electron chi connectivity index (χ0n) is 12.0. The van der Waals surface area contributed by atoms with Gasteiger partial charge in [0.05, 0.1) is 12.2 Å². The van der Waals surface area contributed by atoms with Gasteiger partial charge >= 0.3 is 0 Å². The smallest absolute Gasteiger partial charge is 0.253 e. The van der Waals surface area contributed by atoms with Crippen LogP contribution in [0, 0.1) is 6.92 Å². The first-order valence-corrected chi connectivity index (χ1v) is 7.33. The minimum absolute atomic E-state index is 0.0660. The zero-order valence-corrected chi connectivity index (χ0v) is 12.0. The summed E-state index contributed by atoms with van der Waals surface area (Å²) in [5.74, 6) is 0.127. The van der Waals surface area contributed by atoms with Gasteiger partial charge in [0.1, 0.15) is 0 Å². The molecule has 2 N–H and O–H groups in total. The molecule has 1 atom stereocenters. The van der Waals surface area contributed by atoms with Gasteiger partial charge in [-0.3, -0.25) is 4.79 Å². The van der Waals surface area contributed by atoms with E-state index in [0.29, 0.717) is 6.61 Å². The minimum atomic E-state index is -0.0660. The summed E-state index contributed by atoms with van der Waals surface area (Å²) in [5.41, 5.74) is 7.82. The van der Waals surface area contributed by atoms with Crippen molar-refractivity contribution in [3.8, 4) is 0 Å². The number of aryl methyl sites for hydroxylation is 1. The normalized spacial score (nSPS) is 25.1. The second-order valence-corrected chi connectivity index (χ2v) is 6.12. The van der Waals surface area contributed by atoms with Crippen molar-refractivity contribution in [1.29, 1.82) is 0 Å². The molecule has 1 amide bonds. The van der Waals surface area contributed by atoms with E-state index in [1.165, 1.54) is 5.56 Å².